The molecule has 146 valence electrons. The van der Waals surface area contributed by atoms with Crippen molar-refractivity contribution in [1.29, 1.82) is 0 Å². The van der Waals surface area contributed by atoms with Gasteiger partial charge in [-0.3, -0.25) is 14.6 Å². The van der Waals surface area contributed by atoms with Gasteiger partial charge in [0.25, 0.3) is 5.91 Å². The van der Waals surface area contributed by atoms with E-state index in [4.69, 9.17) is 5.11 Å². The largest absolute Gasteiger partial charge is 0.481 e. The SMILES string of the molecule is O=C(Nc1ccc(CNC(=O)N2CCCC(C(=O)O)C2)cc1)c1ccncc1. The van der Waals surface area contributed by atoms with Crippen molar-refractivity contribution in [3.63, 3.8) is 0 Å². The molecule has 28 heavy (non-hydrogen) atoms. The van der Waals surface area contributed by atoms with Crippen molar-refractivity contribution in [1.82, 2.24) is 15.2 Å². The number of urea groups is 1. The molecule has 1 aliphatic rings. The van der Waals surface area contributed by atoms with Gasteiger partial charge in [0.05, 0.1) is 5.92 Å². The highest BCUT2D eigenvalue weighted by Gasteiger charge is 2.27. The Kier molecular flexibility index (Phi) is 6.21. The number of carbonyl (C=O) groups is 3. The Morgan fingerprint density at radius 2 is 1.82 bits per heavy atom. The fourth-order valence-electron chi connectivity index (χ4n) is 3.07. The minimum absolute atomic E-state index is 0.221. The molecule has 1 fully saturated rings. The van der Waals surface area contributed by atoms with E-state index in [1.165, 1.54) is 0 Å². The minimum Gasteiger partial charge on any atom is -0.481 e. The molecular formula is C20H22N4O4. The number of hydrogen-bond acceptors (Lipinski definition) is 4. The number of piperidine rings is 1. The lowest BCUT2D eigenvalue weighted by Crippen LogP contribution is -2.46. The molecule has 1 aromatic heterocycles. The van der Waals surface area contributed by atoms with Crippen LogP contribution in [-0.2, 0) is 11.3 Å². The lowest BCUT2D eigenvalue weighted by atomic mass is 9.99. The van der Waals surface area contributed by atoms with Crippen molar-refractivity contribution < 1.29 is 19.5 Å². The molecule has 0 radical (unpaired) electrons. The van der Waals surface area contributed by atoms with Crippen molar-refractivity contribution in [2.75, 3.05) is 18.4 Å². The Bertz CT molecular complexity index is 839. The molecule has 1 aliphatic heterocycles. The Balaban J connectivity index is 1.49. The fourth-order valence-corrected chi connectivity index (χ4v) is 3.07. The van der Waals surface area contributed by atoms with Crippen LogP contribution < -0.4 is 10.6 Å². The lowest BCUT2D eigenvalue weighted by molar-refractivity contribution is -0.143. The van der Waals surface area contributed by atoms with Gasteiger partial charge in [0.2, 0.25) is 0 Å². The van der Waals surface area contributed by atoms with Crippen LogP contribution in [0.5, 0.6) is 0 Å². The Morgan fingerprint density at radius 1 is 1.11 bits per heavy atom. The molecule has 0 saturated carbocycles. The van der Waals surface area contributed by atoms with Gasteiger partial charge in [-0.1, -0.05) is 12.1 Å². The van der Waals surface area contributed by atoms with Gasteiger partial charge in [-0.2, -0.15) is 0 Å². The number of benzene rings is 1. The number of carbonyl (C=O) groups excluding carboxylic acids is 2. The number of pyridine rings is 1. The smallest absolute Gasteiger partial charge is 0.317 e. The first-order chi connectivity index (χ1) is 13.5. The van der Waals surface area contributed by atoms with Crippen LogP contribution in [0.4, 0.5) is 10.5 Å². The number of aliphatic carboxylic acids is 1. The maximum Gasteiger partial charge on any atom is 0.317 e. The van der Waals surface area contributed by atoms with Crippen molar-refractivity contribution in [3.05, 3.63) is 59.9 Å². The summed E-state index contributed by atoms with van der Waals surface area (Å²) in [5.74, 6) is -1.58. The van der Waals surface area contributed by atoms with E-state index in [0.717, 1.165) is 5.56 Å². The molecule has 3 N–H and O–H groups in total. The van der Waals surface area contributed by atoms with Crippen LogP contribution >= 0.6 is 0 Å². The van der Waals surface area contributed by atoms with Gasteiger partial charge in [-0.05, 0) is 42.7 Å². The monoisotopic (exact) mass is 382 g/mol. The molecule has 8 nitrogen and oxygen atoms in total. The lowest BCUT2D eigenvalue weighted by Gasteiger charge is -2.30. The first kappa shape index (κ1) is 19.3. The van der Waals surface area contributed by atoms with Crippen LogP contribution in [0.2, 0.25) is 0 Å². The number of hydrogen-bond donors (Lipinski definition) is 3. The van der Waals surface area contributed by atoms with E-state index >= 15 is 0 Å². The van der Waals surface area contributed by atoms with Crippen molar-refractivity contribution in [2.24, 2.45) is 5.92 Å². The van der Waals surface area contributed by atoms with Crippen LogP contribution in [0.25, 0.3) is 0 Å². The van der Waals surface area contributed by atoms with Crippen LogP contribution in [0.1, 0.15) is 28.8 Å². The zero-order valence-electron chi connectivity index (χ0n) is 15.3. The molecule has 1 atom stereocenters. The molecule has 2 heterocycles. The molecule has 1 unspecified atom stereocenters. The third-order valence-electron chi connectivity index (χ3n) is 4.66. The predicted molar refractivity (Wildman–Crippen MR) is 103 cm³/mol. The molecule has 0 aliphatic carbocycles. The average molecular weight is 382 g/mol. The van der Waals surface area contributed by atoms with Gasteiger partial charge < -0.3 is 20.6 Å². The number of rotatable bonds is 5. The molecule has 0 bridgehead atoms. The van der Waals surface area contributed by atoms with E-state index in [9.17, 15) is 14.4 Å². The summed E-state index contributed by atoms with van der Waals surface area (Å²) in [6, 6.07) is 10.2. The Hall–Kier alpha value is -3.42. The zero-order chi connectivity index (χ0) is 19.9. The fraction of sp³-hybridized carbons (Fsp3) is 0.300. The number of nitrogens with zero attached hydrogens (tertiary/aromatic N) is 2. The number of amides is 3. The van der Waals surface area contributed by atoms with Gasteiger partial charge in [0.15, 0.2) is 0 Å². The molecule has 1 saturated heterocycles. The highest BCUT2D eigenvalue weighted by molar-refractivity contribution is 6.04. The summed E-state index contributed by atoms with van der Waals surface area (Å²) in [5, 5.41) is 14.7. The van der Waals surface area contributed by atoms with E-state index in [0.29, 0.717) is 37.2 Å². The number of anilines is 1. The number of carboxylic acid groups (broad SMARTS) is 1. The molecular weight excluding hydrogens is 360 g/mol. The summed E-state index contributed by atoms with van der Waals surface area (Å²) < 4.78 is 0. The summed E-state index contributed by atoms with van der Waals surface area (Å²) in [6.07, 6.45) is 4.41. The topological polar surface area (TPSA) is 112 Å². The number of carboxylic acids is 1. The highest BCUT2D eigenvalue weighted by atomic mass is 16.4. The summed E-state index contributed by atoms with van der Waals surface area (Å²) >= 11 is 0. The molecule has 3 amide bonds. The first-order valence-corrected chi connectivity index (χ1v) is 9.09. The van der Waals surface area contributed by atoms with Gasteiger partial charge in [-0.15, -0.1) is 0 Å². The highest BCUT2D eigenvalue weighted by Crippen LogP contribution is 2.17. The summed E-state index contributed by atoms with van der Waals surface area (Å²) in [7, 11) is 0. The molecule has 0 spiro atoms. The van der Waals surface area contributed by atoms with Crippen molar-refractivity contribution in [2.45, 2.75) is 19.4 Å². The van der Waals surface area contributed by atoms with E-state index in [2.05, 4.69) is 15.6 Å². The van der Waals surface area contributed by atoms with Crippen LogP contribution in [0.15, 0.2) is 48.8 Å². The summed E-state index contributed by atoms with van der Waals surface area (Å²) in [4.78, 5) is 40.9. The second-order valence-corrected chi connectivity index (χ2v) is 6.67. The molecule has 1 aromatic carbocycles. The maximum atomic E-state index is 12.3. The number of likely N-dealkylation sites (tertiary alicyclic amines) is 1. The zero-order valence-corrected chi connectivity index (χ0v) is 15.3. The normalized spacial score (nSPS) is 16.3. The third-order valence-corrected chi connectivity index (χ3v) is 4.66. The molecule has 2 aromatic rings. The number of nitrogens with one attached hydrogen (secondary N) is 2. The van der Waals surface area contributed by atoms with Gasteiger partial charge in [0.1, 0.15) is 0 Å². The summed E-state index contributed by atoms with van der Waals surface area (Å²) in [5.41, 5.74) is 2.05. The summed E-state index contributed by atoms with van der Waals surface area (Å²) in [6.45, 7) is 1.13. The van der Waals surface area contributed by atoms with Crippen LogP contribution in [-0.4, -0.2) is 46.0 Å². The van der Waals surface area contributed by atoms with Gasteiger partial charge in [-0.25, -0.2) is 4.79 Å². The van der Waals surface area contributed by atoms with Crippen LogP contribution in [0, 0.1) is 5.92 Å². The quantitative estimate of drug-likeness (QED) is 0.735. The average Bonchev–Trinajstić information content (AvgIpc) is 2.73. The number of aromatic nitrogens is 1. The van der Waals surface area contributed by atoms with E-state index in [1.807, 2.05) is 12.1 Å². The Labute approximate surface area is 162 Å². The second-order valence-electron chi connectivity index (χ2n) is 6.67. The predicted octanol–water partition coefficient (Wildman–Crippen LogP) is 2.34. The van der Waals surface area contributed by atoms with E-state index in [1.54, 1.807) is 41.6 Å². The molecule has 8 heteroatoms. The maximum absolute atomic E-state index is 12.3. The van der Waals surface area contributed by atoms with Gasteiger partial charge >= 0.3 is 12.0 Å². The van der Waals surface area contributed by atoms with Gasteiger partial charge in [0, 0.05) is 43.3 Å². The van der Waals surface area contributed by atoms with Crippen molar-refractivity contribution >= 4 is 23.6 Å². The van der Waals surface area contributed by atoms with E-state index in [-0.39, 0.29) is 18.5 Å². The molecule has 3 rings (SSSR count). The first-order valence-electron chi connectivity index (χ1n) is 9.09. The third kappa shape index (κ3) is 5.06. The second kappa shape index (κ2) is 8.98. The van der Waals surface area contributed by atoms with Crippen molar-refractivity contribution in [3.8, 4) is 0 Å². The minimum atomic E-state index is -0.859. The van der Waals surface area contributed by atoms with Crippen LogP contribution in [0.3, 0.4) is 0 Å². The van der Waals surface area contributed by atoms with E-state index < -0.39 is 11.9 Å². The Morgan fingerprint density at radius 3 is 2.50 bits per heavy atom. The standard InChI is InChI=1S/C20H22N4O4/c25-18(15-7-9-21-10-8-15)23-17-5-3-14(4-6-17)12-22-20(28)24-11-1-2-16(13-24)19(26)27/h3-10,16H,1-2,11-13H2,(H,22,28)(H,23,25)(H,26,27).